The molecule has 2 aromatic carbocycles. The summed E-state index contributed by atoms with van der Waals surface area (Å²) in [7, 11) is 0. The van der Waals surface area contributed by atoms with E-state index in [0.29, 0.717) is 16.4 Å². The summed E-state index contributed by atoms with van der Waals surface area (Å²) in [6.07, 6.45) is 4.94. The van der Waals surface area contributed by atoms with Crippen LogP contribution in [0.15, 0.2) is 54.6 Å². The molecule has 168 valence electrons. The topological polar surface area (TPSA) is 92.8 Å². The number of carbonyl (C=O) groups excluding carboxylic acids is 4. The Morgan fingerprint density at radius 1 is 0.939 bits per heavy atom. The zero-order valence-electron chi connectivity index (χ0n) is 17.2. The third-order valence-electron chi connectivity index (χ3n) is 6.37. The lowest BCUT2D eigenvalue weighted by atomic mass is 9.85. The number of rotatable bonds is 5. The van der Waals surface area contributed by atoms with Gasteiger partial charge in [-0.15, -0.1) is 0 Å². The minimum absolute atomic E-state index is 0.130. The van der Waals surface area contributed by atoms with Gasteiger partial charge in [0, 0.05) is 5.69 Å². The Hall–Kier alpha value is -3.16. The highest BCUT2D eigenvalue weighted by molar-refractivity contribution is 6.42. The molecule has 2 fully saturated rings. The second-order valence-corrected chi connectivity index (χ2v) is 9.13. The average molecular weight is 485 g/mol. The number of fused-ring (bicyclic) bond motifs is 5. The molecule has 1 saturated heterocycles. The van der Waals surface area contributed by atoms with E-state index >= 15 is 0 Å². The molecule has 1 heterocycles. The molecule has 9 heteroatoms. The second kappa shape index (κ2) is 8.32. The summed E-state index contributed by atoms with van der Waals surface area (Å²) in [5.74, 6) is -1.92. The number of esters is 1. The van der Waals surface area contributed by atoms with Gasteiger partial charge in [-0.05, 0) is 60.7 Å². The highest BCUT2D eigenvalue weighted by Crippen LogP contribution is 2.53. The Kier molecular flexibility index (Phi) is 5.46. The van der Waals surface area contributed by atoms with Crippen LogP contribution in [0.2, 0.25) is 10.0 Å². The van der Waals surface area contributed by atoms with E-state index in [-0.39, 0.29) is 46.1 Å². The first-order valence-corrected chi connectivity index (χ1v) is 11.2. The Bertz CT molecular complexity index is 1180. The number of ether oxygens (including phenoxy) is 1. The van der Waals surface area contributed by atoms with Crippen LogP contribution in [-0.2, 0) is 19.1 Å². The number of hydrogen-bond donors (Lipinski definition) is 1. The fraction of sp³-hybridized carbons (Fsp3) is 0.250. The van der Waals surface area contributed by atoms with E-state index in [4.69, 9.17) is 27.9 Å². The number of halogens is 2. The summed E-state index contributed by atoms with van der Waals surface area (Å²) in [6.45, 7) is -0.497. The molecule has 7 nitrogen and oxygen atoms in total. The molecule has 2 bridgehead atoms. The summed E-state index contributed by atoms with van der Waals surface area (Å²) >= 11 is 11.7. The zero-order valence-corrected chi connectivity index (χ0v) is 18.7. The molecule has 0 aromatic heterocycles. The highest BCUT2D eigenvalue weighted by atomic mass is 35.5. The van der Waals surface area contributed by atoms with E-state index in [1.165, 1.54) is 29.2 Å². The number of nitrogens with zero attached hydrogens (tertiary/aromatic N) is 1. The van der Waals surface area contributed by atoms with Crippen molar-refractivity contribution in [3.63, 3.8) is 0 Å². The first kappa shape index (κ1) is 21.7. The van der Waals surface area contributed by atoms with Gasteiger partial charge < -0.3 is 10.1 Å². The fourth-order valence-electron chi connectivity index (χ4n) is 4.89. The van der Waals surface area contributed by atoms with Gasteiger partial charge in [0.2, 0.25) is 11.8 Å². The lowest BCUT2D eigenvalue weighted by molar-refractivity contribution is -0.123. The van der Waals surface area contributed by atoms with E-state index < -0.39 is 18.5 Å². The van der Waals surface area contributed by atoms with Crippen LogP contribution in [0.25, 0.3) is 0 Å². The largest absolute Gasteiger partial charge is 0.452 e. The molecule has 2 aliphatic carbocycles. The van der Waals surface area contributed by atoms with Crippen molar-refractivity contribution in [2.75, 3.05) is 16.8 Å². The van der Waals surface area contributed by atoms with Crippen molar-refractivity contribution < 1.29 is 23.9 Å². The summed E-state index contributed by atoms with van der Waals surface area (Å²) in [4.78, 5) is 51.4. The molecule has 3 amide bonds. The monoisotopic (exact) mass is 484 g/mol. The minimum atomic E-state index is -0.705. The molecule has 0 spiro atoms. The summed E-state index contributed by atoms with van der Waals surface area (Å²) in [6, 6.07) is 10.6. The molecular formula is C24H18Cl2N2O5. The molecule has 2 aromatic rings. The number of anilines is 2. The van der Waals surface area contributed by atoms with E-state index in [2.05, 4.69) is 5.32 Å². The smallest absolute Gasteiger partial charge is 0.338 e. The van der Waals surface area contributed by atoms with Gasteiger partial charge in [0.15, 0.2) is 6.61 Å². The van der Waals surface area contributed by atoms with Crippen molar-refractivity contribution in [3.8, 4) is 0 Å². The minimum Gasteiger partial charge on any atom is -0.452 e. The van der Waals surface area contributed by atoms with Gasteiger partial charge in [0.25, 0.3) is 5.91 Å². The molecule has 5 rings (SSSR count). The Labute approximate surface area is 199 Å². The number of benzene rings is 2. The van der Waals surface area contributed by atoms with E-state index in [1.54, 1.807) is 18.2 Å². The lowest BCUT2D eigenvalue weighted by Gasteiger charge is -2.17. The zero-order chi connectivity index (χ0) is 23.3. The predicted molar refractivity (Wildman–Crippen MR) is 122 cm³/mol. The van der Waals surface area contributed by atoms with Crippen molar-refractivity contribution in [1.82, 2.24) is 0 Å². The lowest BCUT2D eigenvalue weighted by Crippen LogP contribution is -2.32. The van der Waals surface area contributed by atoms with E-state index in [0.717, 1.165) is 6.42 Å². The number of carbonyl (C=O) groups is 4. The van der Waals surface area contributed by atoms with E-state index in [9.17, 15) is 19.2 Å². The van der Waals surface area contributed by atoms with Crippen LogP contribution in [0.5, 0.6) is 0 Å². The molecule has 1 saturated carbocycles. The maximum atomic E-state index is 12.9. The molecule has 0 unspecified atom stereocenters. The average Bonchev–Trinajstić information content (AvgIpc) is 3.48. The number of allylic oxidation sites excluding steroid dienone is 2. The molecular weight excluding hydrogens is 467 g/mol. The number of nitrogens with one attached hydrogen (secondary N) is 1. The molecule has 1 aliphatic heterocycles. The summed E-state index contributed by atoms with van der Waals surface area (Å²) in [5.41, 5.74) is 1.04. The van der Waals surface area contributed by atoms with Gasteiger partial charge in [0.05, 0.1) is 33.1 Å². The fourth-order valence-corrected chi connectivity index (χ4v) is 5.19. The maximum Gasteiger partial charge on any atom is 0.338 e. The first-order valence-electron chi connectivity index (χ1n) is 10.4. The Morgan fingerprint density at radius 2 is 1.58 bits per heavy atom. The standard InChI is InChI=1S/C24H18Cl2N2O5/c25-17-8-5-15(10-18(17)26)27-19(29)11-33-24(32)12-3-6-16(7-4-12)28-22(30)20-13-1-2-14(9-13)21(20)23(28)31/h1-8,10,13-14,20-21H,9,11H2,(H,27,29)/t13-,14-,20-,21-/m0/s1. The van der Waals surface area contributed by atoms with Crippen LogP contribution in [0.3, 0.4) is 0 Å². The van der Waals surface area contributed by atoms with Gasteiger partial charge in [-0.2, -0.15) is 0 Å². The van der Waals surface area contributed by atoms with Crippen LogP contribution in [0, 0.1) is 23.7 Å². The van der Waals surface area contributed by atoms with Crippen LogP contribution in [0.4, 0.5) is 11.4 Å². The summed E-state index contributed by atoms with van der Waals surface area (Å²) < 4.78 is 5.05. The molecule has 1 N–H and O–H groups in total. The first-order chi connectivity index (χ1) is 15.8. The van der Waals surface area contributed by atoms with Crippen molar-refractivity contribution in [2.24, 2.45) is 23.7 Å². The number of imide groups is 1. The Morgan fingerprint density at radius 3 is 2.18 bits per heavy atom. The predicted octanol–water partition coefficient (Wildman–Crippen LogP) is 4.10. The van der Waals surface area contributed by atoms with E-state index in [1.807, 2.05) is 12.2 Å². The third-order valence-corrected chi connectivity index (χ3v) is 7.11. The third kappa shape index (κ3) is 3.81. The molecule has 0 radical (unpaired) electrons. The van der Waals surface area contributed by atoms with Crippen LogP contribution >= 0.6 is 23.2 Å². The van der Waals surface area contributed by atoms with Crippen molar-refractivity contribution in [1.29, 1.82) is 0 Å². The van der Waals surface area contributed by atoms with Crippen LogP contribution in [0.1, 0.15) is 16.8 Å². The van der Waals surface area contributed by atoms with Crippen molar-refractivity contribution >= 4 is 58.3 Å². The second-order valence-electron chi connectivity index (χ2n) is 8.31. The van der Waals surface area contributed by atoms with Gasteiger partial charge in [-0.3, -0.25) is 19.3 Å². The quantitative estimate of drug-likeness (QED) is 0.391. The normalized spacial score (nSPS) is 24.8. The SMILES string of the molecule is O=C(COC(=O)c1ccc(N2C(=O)[C@@H]3[C@@H](C2=O)[C@H]2C=C[C@H]3C2)cc1)Nc1ccc(Cl)c(Cl)c1. The van der Waals surface area contributed by atoms with Gasteiger partial charge in [-0.25, -0.2) is 4.79 Å². The van der Waals surface area contributed by atoms with Crippen molar-refractivity contribution in [2.45, 2.75) is 6.42 Å². The van der Waals surface area contributed by atoms with Crippen molar-refractivity contribution in [3.05, 3.63) is 70.2 Å². The summed E-state index contributed by atoms with van der Waals surface area (Å²) in [5, 5.41) is 3.20. The number of amides is 3. The highest BCUT2D eigenvalue weighted by Gasteiger charge is 2.59. The molecule has 4 atom stereocenters. The van der Waals surface area contributed by atoms with Crippen LogP contribution in [-0.4, -0.2) is 30.3 Å². The Balaban J connectivity index is 1.20. The number of hydrogen-bond acceptors (Lipinski definition) is 5. The van der Waals surface area contributed by atoms with Crippen LogP contribution < -0.4 is 10.2 Å². The van der Waals surface area contributed by atoms with Gasteiger partial charge >= 0.3 is 5.97 Å². The molecule has 33 heavy (non-hydrogen) atoms. The van der Waals surface area contributed by atoms with Gasteiger partial charge in [0.1, 0.15) is 0 Å². The maximum absolute atomic E-state index is 12.9. The molecule has 3 aliphatic rings. The van der Waals surface area contributed by atoms with Gasteiger partial charge in [-0.1, -0.05) is 35.4 Å².